The maximum atomic E-state index is 12.4. The smallest absolute Gasteiger partial charge is 0.251 e. The van der Waals surface area contributed by atoms with Gasteiger partial charge in [0.25, 0.3) is 5.91 Å². The Labute approximate surface area is 124 Å². The van der Waals surface area contributed by atoms with E-state index in [-0.39, 0.29) is 11.9 Å². The molecule has 1 aromatic rings. The number of nitrogens with two attached hydrogens (primary N) is 1. The number of amides is 1. The summed E-state index contributed by atoms with van der Waals surface area (Å²) in [6, 6.07) is 5.84. The first-order valence-corrected chi connectivity index (χ1v) is 8.35. The second kappa shape index (κ2) is 6.99. The van der Waals surface area contributed by atoms with Crippen LogP contribution in [0, 0.1) is 6.92 Å². The predicted octanol–water partition coefficient (Wildman–Crippen LogP) is 2.68. The molecule has 110 valence electrons. The van der Waals surface area contributed by atoms with Crippen molar-refractivity contribution < 1.29 is 4.79 Å². The van der Waals surface area contributed by atoms with Gasteiger partial charge in [0.05, 0.1) is 0 Å². The zero-order valence-electron chi connectivity index (χ0n) is 12.1. The van der Waals surface area contributed by atoms with Gasteiger partial charge in [-0.15, -0.1) is 0 Å². The van der Waals surface area contributed by atoms with Crippen LogP contribution in [0.3, 0.4) is 0 Å². The quantitative estimate of drug-likeness (QED) is 0.590. The number of anilines is 1. The Morgan fingerprint density at radius 2 is 2.10 bits per heavy atom. The summed E-state index contributed by atoms with van der Waals surface area (Å²) in [7, 11) is 0. The Hall–Kier alpha value is -1.20. The molecule has 0 aromatic heterocycles. The molecule has 2 rings (SSSR count). The number of aryl methyl sites for hydroxylation is 1. The lowest BCUT2D eigenvalue weighted by atomic mass is 9.94. The van der Waals surface area contributed by atoms with Crippen LogP contribution in [0.5, 0.6) is 0 Å². The maximum absolute atomic E-state index is 12.4. The summed E-state index contributed by atoms with van der Waals surface area (Å²) < 4.78 is 0. The molecule has 0 heterocycles. The summed E-state index contributed by atoms with van der Waals surface area (Å²) >= 11 is 1.86. The molecule has 4 nitrogen and oxygen atoms in total. The van der Waals surface area contributed by atoms with Crippen molar-refractivity contribution in [1.82, 2.24) is 5.32 Å². The minimum Gasteiger partial charge on any atom is -0.348 e. The molecule has 0 saturated heterocycles. The first kappa shape index (κ1) is 15.2. The van der Waals surface area contributed by atoms with Crippen LogP contribution in [0.2, 0.25) is 0 Å². The van der Waals surface area contributed by atoms with Crippen LogP contribution in [0.15, 0.2) is 18.2 Å². The fourth-order valence-corrected chi connectivity index (χ4v) is 3.73. The predicted molar refractivity (Wildman–Crippen MR) is 86.0 cm³/mol. The number of hydrazine groups is 1. The van der Waals surface area contributed by atoms with E-state index >= 15 is 0 Å². The van der Waals surface area contributed by atoms with Gasteiger partial charge in [0.15, 0.2) is 0 Å². The van der Waals surface area contributed by atoms with Gasteiger partial charge in [-0.1, -0.05) is 12.8 Å². The van der Waals surface area contributed by atoms with E-state index < -0.39 is 0 Å². The second-order valence-electron chi connectivity index (χ2n) is 5.31. The number of rotatable bonds is 4. The Balaban J connectivity index is 2.07. The van der Waals surface area contributed by atoms with Crippen LogP contribution in [0.25, 0.3) is 0 Å². The molecule has 0 radical (unpaired) electrons. The van der Waals surface area contributed by atoms with Gasteiger partial charge in [0.2, 0.25) is 0 Å². The summed E-state index contributed by atoms with van der Waals surface area (Å²) in [6.07, 6.45) is 6.88. The molecule has 1 amide bonds. The molecule has 4 N–H and O–H groups in total. The van der Waals surface area contributed by atoms with Gasteiger partial charge in [-0.05, 0) is 49.8 Å². The summed E-state index contributed by atoms with van der Waals surface area (Å²) in [4.78, 5) is 12.4. The normalized spacial score (nSPS) is 22.4. The molecule has 5 heteroatoms. The number of thioether (sulfide) groups is 1. The van der Waals surface area contributed by atoms with Crippen molar-refractivity contribution in [2.75, 3.05) is 11.7 Å². The largest absolute Gasteiger partial charge is 0.348 e. The van der Waals surface area contributed by atoms with Crippen LogP contribution in [-0.2, 0) is 0 Å². The van der Waals surface area contributed by atoms with Gasteiger partial charge >= 0.3 is 0 Å². The molecule has 0 bridgehead atoms. The van der Waals surface area contributed by atoms with Crippen LogP contribution >= 0.6 is 11.8 Å². The zero-order valence-corrected chi connectivity index (χ0v) is 12.9. The highest BCUT2D eigenvalue weighted by Crippen LogP contribution is 2.27. The molecule has 1 aromatic carbocycles. The highest BCUT2D eigenvalue weighted by atomic mass is 32.2. The maximum Gasteiger partial charge on any atom is 0.251 e. The van der Waals surface area contributed by atoms with E-state index in [1.807, 2.05) is 36.9 Å². The van der Waals surface area contributed by atoms with E-state index in [1.54, 1.807) is 0 Å². The topological polar surface area (TPSA) is 67.2 Å². The van der Waals surface area contributed by atoms with Crippen LogP contribution in [0.4, 0.5) is 5.69 Å². The van der Waals surface area contributed by atoms with Crippen molar-refractivity contribution >= 4 is 23.4 Å². The van der Waals surface area contributed by atoms with E-state index in [4.69, 9.17) is 5.84 Å². The van der Waals surface area contributed by atoms with Crippen molar-refractivity contribution in [2.45, 2.75) is 43.9 Å². The highest BCUT2D eigenvalue weighted by Gasteiger charge is 2.26. The van der Waals surface area contributed by atoms with Gasteiger partial charge in [0, 0.05) is 22.5 Å². The van der Waals surface area contributed by atoms with Crippen molar-refractivity contribution in [3.8, 4) is 0 Å². The monoisotopic (exact) mass is 293 g/mol. The number of hydrogen-bond acceptors (Lipinski definition) is 4. The van der Waals surface area contributed by atoms with Crippen molar-refractivity contribution in [3.63, 3.8) is 0 Å². The fraction of sp³-hybridized carbons (Fsp3) is 0.533. The molecular formula is C15H23N3OS. The lowest BCUT2D eigenvalue weighted by molar-refractivity contribution is 0.0929. The average molecular weight is 293 g/mol. The molecule has 2 atom stereocenters. The molecule has 1 fully saturated rings. The molecule has 2 unspecified atom stereocenters. The molecule has 0 spiro atoms. The van der Waals surface area contributed by atoms with Gasteiger partial charge in [-0.3, -0.25) is 10.6 Å². The molecule has 1 aliphatic carbocycles. The third-order valence-corrected chi connectivity index (χ3v) is 5.13. The van der Waals surface area contributed by atoms with E-state index in [1.165, 1.54) is 19.3 Å². The number of carbonyl (C=O) groups is 1. The summed E-state index contributed by atoms with van der Waals surface area (Å²) in [6.45, 7) is 1.93. The van der Waals surface area contributed by atoms with Crippen LogP contribution in [0.1, 0.15) is 41.6 Å². The number of nitrogen functional groups attached to an aromatic ring is 1. The lowest BCUT2D eigenvalue weighted by Gasteiger charge is -2.31. The molecule has 20 heavy (non-hydrogen) atoms. The molecule has 1 saturated carbocycles. The lowest BCUT2D eigenvalue weighted by Crippen LogP contribution is -2.43. The van der Waals surface area contributed by atoms with E-state index in [0.29, 0.717) is 5.25 Å². The molecule has 1 aliphatic rings. The van der Waals surface area contributed by atoms with Crippen molar-refractivity contribution in [1.29, 1.82) is 0 Å². The minimum atomic E-state index is 0.0250. The summed E-state index contributed by atoms with van der Waals surface area (Å²) in [5, 5.41) is 3.74. The van der Waals surface area contributed by atoms with Crippen LogP contribution < -0.4 is 16.6 Å². The Morgan fingerprint density at radius 1 is 1.35 bits per heavy atom. The van der Waals surface area contributed by atoms with Gasteiger partial charge in [-0.25, -0.2) is 0 Å². The fourth-order valence-electron chi connectivity index (χ4n) is 2.80. The second-order valence-corrected chi connectivity index (χ2v) is 6.39. The van der Waals surface area contributed by atoms with Crippen LogP contribution in [-0.4, -0.2) is 23.5 Å². The summed E-state index contributed by atoms with van der Waals surface area (Å²) in [5.41, 5.74) is 5.08. The zero-order chi connectivity index (χ0) is 14.5. The SMILES string of the molecule is CSC1CCCCC1NC(=O)c1ccc(NN)cc1C. The highest BCUT2D eigenvalue weighted by molar-refractivity contribution is 7.99. The van der Waals surface area contributed by atoms with Crippen molar-refractivity contribution in [2.24, 2.45) is 5.84 Å². The third-order valence-electron chi connectivity index (χ3n) is 3.96. The first-order chi connectivity index (χ1) is 9.65. The summed E-state index contributed by atoms with van der Waals surface area (Å²) in [5.74, 6) is 5.40. The van der Waals surface area contributed by atoms with Gasteiger partial charge in [-0.2, -0.15) is 11.8 Å². The first-order valence-electron chi connectivity index (χ1n) is 7.06. The van der Waals surface area contributed by atoms with E-state index in [9.17, 15) is 4.79 Å². The third kappa shape index (κ3) is 3.46. The minimum absolute atomic E-state index is 0.0250. The number of nitrogens with one attached hydrogen (secondary N) is 2. The number of benzene rings is 1. The Kier molecular flexibility index (Phi) is 5.31. The Morgan fingerprint density at radius 3 is 2.75 bits per heavy atom. The van der Waals surface area contributed by atoms with E-state index in [2.05, 4.69) is 17.0 Å². The molecular weight excluding hydrogens is 270 g/mol. The number of hydrogen-bond donors (Lipinski definition) is 3. The van der Waals surface area contributed by atoms with Gasteiger partial charge < -0.3 is 10.7 Å². The average Bonchev–Trinajstić information content (AvgIpc) is 2.47. The Bertz CT molecular complexity index is 478. The van der Waals surface area contributed by atoms with Gasteiger partial charge in [0.1, 0.15) is 0 Å². The standard InChI is InChI=1S/C15H23N3OS/c1-10-9-11(18-16)7-8-12(10)15(19)17-13-5-3-4-6-14(13)20-2/h7-9,13-14,18H,3-6,16H2,1-2H3,(H,17,19). The van der Waals surface area contributed by atoms with E-state index in [0.717, 1.165) is 23.2 Å². The van der Waals surface area contributed by atoms with Crippen molar-refractivity contribution in [3.05, 3.63) is 29.3 Å². The molecule has 0 aliphatic heterocycles. The number of carbonyl (C=O) groups excluding carboxylic acids is 1.